The summed E-state index contributed by atoms with van der Waals surface area (Å²) < 4.78 is 6.84. The fourth-order valence-corrected chi connectivity index (χ4v) is 2.22. The normalized spacial score (nSPS) is 19.2. The van der Waals surface area contributed by atoms with Gasteiger partial charge in [-0.15, -0.1) is 0 Å². The first-order valence-electron chi connectivity index (χ1n) is 5.75. The highest BCUT2D eigenvalue weighted by molar-refractivity contribution is 9.10. The first-order valence-corrected chi connectivity index (χ1v) is 6.54. The Labute approximate surface area is 110 Å². The van der Waals surface area contributed by atoms with E-state index < -0.39 is 0 Å². The second-order valence-corrected chi connectivity index (χ2v) is 5.28. The molecule has 0 aliphatic carbocycles. The molecule has 0 radical (unpaired) electrons. The van der Waals surface area contributed by atoms with Crippen molar-refractivity contribution in [1.29, 1.82) is 0 Å². The van der Waals surface area contributed by atoms with Crippen LogP contribution < -0.4 is 10.1 Å². The fourth-order valence-electron chi connectivity index (χ4n) is 1.99. The van der Waals surface area contributed by atoms with Crippen molar-refractivity contribution in [2.24, 2.45) is 0 Å². The summed E-state index contributed by atoms with van der Waals surface area (Å²) >= 11 is 3.53. The topological polar surface area (TPSA) is 38.3 Å². The zero-order valence-corrected chi connectivity index (χ0v) is 11.6. The molecular weight excluding hydrogens is 282 g/mol. The molecule has 0 saturated carbocycles. The molecule has 3 nitrogen and oxygen atoms in total. The van der Waals surface area contributed by atoms with Crippen LogP contribution in [-0.4, -0.2) is 18.6 Å². The van der Waals surface area contributed by atoms with E-state index in [4.69, 9.17) is 4.74 Å². The van der Waals surface area contributed by atoms with Gasteiger partial charge < -0.3 is 10.1 Å². The van der Waals surface area contributed by atoms with Crippen molar-refractivity contribution in [3.63, 3.8) is 0 Å². The van der Waals surface area contributed by atoms with Crippen LogP contribution in [0.4, 0.5) is 0 Å². The second kappa shape index (κ2) is 5.08. The quantitative estimate of drug-likeness (QED) is 0.932. The number of amides is 1. The van der Waals surface area contributed by atoms with E-state index in [-0.39, 0.29) is 11.9 Å². The zero-order chi connectivity index (χ0) is 12.4. The van der Waals surface area contributed by atoms with Gasteiger partial charge in [-0.3, -0.25) is 4.79 Å². The Hall–Kier alpha value is -1.03. The van der Waals surface area contributed by atoms with Crippen molar-refractivity contribution in [1.82, 2.24) is 5.32 Å². The predicted molar refractivity (Wildman–Crippen MR) is 70.3 cm³/mol. The number of aryl methyl sites for hydroxylation is 2. The Balaban J connectivity index is 1.97. The van der Waals surface area contributed by atoms with Crippen molar-refractivity contribution in [2.45, 2.75) is 32.7 Å². The van der Waals surface area contributed by atoms with Crippen LogP contribution in [0.15, 0.2) is 16.6 Å². The summed E-state index contributed by atoms with van der Waals surface area (Å²) in [6, 6.07) is 4.17. The molecule has 1 amide bonds. The van der Waals surface area contributed by atoms with Crippen LogP contribution in [0.3, 0.4) is 0 Å². The molecule has 2 rings (SSSR count). The first-order chi connectivity index (χ1) is 8.06. The highest BCUT2D eigenvalue weighted by atomic mass is 79.9. The Morgan fingerprint density at radius 2 is 2.06 bits per heavy atom. The smallest absolute Gasteiger partial charge is 0.220 e. The molecule has 1 aliphatic heterocycles. The highest BCUT2D eigenvalue weighted by Gasteiger charge is 2.21. The summed E-state index contributed by atoms with van der Waals surface area (Å²) in [5.41, 5.74) is 2.32. The Morgan fingerprint density at radius 1 is 1.41 bits per heavy atom. The van der Waals surface area contributed by atoms with Crippen molar-refractivity contribution in [3.8, 4) is 5.75 Å². The van der Waals surface area contributed by atoms with Crippen LogP contribution in [0.25, 0.3) is 0 Å². The van der Waals surface area contributed by atoms with E-state index in [1.165, 1.54) is 0 Å². The van der Waals surface area contributed by atoms with Gasteiger partial charge in [0.15, 0.2) is 0 Å². The third kappa shape index (κ3) is 3.00. The summed E-state index contributed by atoms with van der Waals surface area (Å²) in [7, 11) is 0. The molecular formula is C13H16BrNO2. The molecule has 1 aromatic carbocycles. The van der Waals surface area contributed by atoms with E-state index in [1.54, 1.807) is 0 Å². The lowest BCUT2D eigenvalue weighted by molar-refractivity contribution is -0.119. The van der Waals surface area contributed by atoms with Gasteiger partial charge >= 0.3 is 0 Å². The molecule has 1 N–H and O–H groups in total. The van der Waals surface area contributed by atoms with E-state index in [0.717, 1.165) is 27.8 Å². The monoisotopic (exact) mass is 297 g/mol. The predicted octanol–water partition coefficient (Wildman–Crippen LogP) is 2.72. The van der Waals surface area contributed by atoms with Gasteiger partial charge in [-0.1, -0.05) is 15.9 Å². The van der Waals surface area contributed by atoms with E-state index in [9.17, 15) is 4.79 Å². The Morgan fingerprint density at radius 3 is 2.59 bits per heavy atom. The number of nitrogens with one attached hydrogen (secondary N) is 1. The van der Waals surface area contributed by atoms with E-state index >= 15 is 0 Å². The van der Waals surface area contributed by atoms with Gasteiger partial charge in [0, 0.05) is 10.9 Å². The lowest BCUT2D eigenvalue weighted by Gasteiger charge is -2.13. The number of rotatable bonds is 3. The molecule has 0 unspecified atom stereocenters. The number of hydrogen-bond acceptors (Lipinski definition) is 2. The number of ether oxygens (including phenoxy) is 1. The molecule has 1 aromatic rings. The molecule has 92 valence electrons. The van der Waals surface area contributed by atoms with Crippen LogP contribution >= 0.6 is 15.9 Å². The van der Waals surface area contributed by atoms with E-state index in [1.807, 2.05) is 26.0 Å². The molecule has 1 fully saturated rings. The van der Waals surface area contributed by atoms with Crippen LogP contribution in [0.5, 0.6) is 5.75 Å². The standard InChI is InChI=1S/C13H16BrNO2/c1-8-5-11(6-9(2)13(8)14)17-7-10-3-4-12(16)15-10/h5-6,10H,3-4,7H2,1-2H3,(H,15,16)/t10-/m1/s1. The number of carbonyl (C=O) groups is 1. The third-order valence-electron chi connectivity index (χ3n) is 2.95. The minimum Gasteiger partial charge on any atom is -0.491 e. The summed E-state index contributed by atoms with van der Waals surface area (Å²) in [4.78, 5) is 11.0. The maximum atomic E-state index is 11.0. The van der Waals surface area contributed by atoms with Crippen LogP contribution in [-0.2, 0) is 4.79 Å². The minimum absolute atomic E-state index is 0.127. The first kappa shape index (κ1) is 12.4. The van der Waals surface area contributed by atoms with E-state index in [2.05, 4.69) is 21.2 Å². The average molecular weight is 298 g/mol. The molecule has 0 spiro atoms. The minimum atomic E-state index is 0.127. The second-order valence-electron chi connectivity index (χ2n) is 4.49. The molecule has 0 bridgehead atoms. The van der Waals surface area contributed by atoms with E-state index in [0.29, 0.717) is 13.0 Å². The van der Waals surface area contributed by atoms with Gasteiger partial charge in [0.1, 0.15) is 12.4 Å². The van der Waals surface area contributed by atoms with Gasteiger partial charge in [-0.2, -0.15) is 0 Å². The maximum Gasteiger partial charge on any atom is 0.220 e. The lowest BCUT2D eigenvalue weighted by Crippen LogP contribution is -2.30. The highest BCUT2D eigenvalue weighted by Crippen LogP contribution is 2.26. The molecule has 0 aromatic heterocycles. The lowest BCUT2D eigenvalue weighted by atomic mass is 10.1. The van der Waals surface area contributed by atoms with Crippen molar-refractivity contribution < 1.29 is 9.53 Å². The molecule has 17 heavy (non-hydrogen) atoms. The van der Waals surface area contributed by atoms with Crippen molar-refractivity contribution >= 4 is 21.8 Å². The molecule has 4 heteroatoms. The average Bonchev–Trinajstić information content (AvgIpc) is 2.69. The Kier molecular flexibility index (Phi) is 3.72. The number of hydrogen-bond donors (Lipinski definition) is 1. The van der Waals surface area contributed by atoms with Gasteiger partial charge in [0.25, 0.3) is 0 Å². The maximum absolute atomic E-state index is 11.0. The largest absolute Gasteiger partial charge is 0.491 e. The number of halogens is 1. The summed E-state index contributed by atoms with van der Waals surface area (Å²) in [6.45, 7) is 4.63. The van der Waals surface area contributed by atoms with Crippen LogP contribution in [0, 0.1) is 13.8 Å². The SMILES string of the molecule is Cc1cc(OC[C@H]2CCC(=O)N2)cc(C)c1Br. The zero-order valence-electron chi connectivity index (χ0n) is 10.0. The summed E-state index contributed by atoms with van der Waals surface area (Å²) in [5.74, 6) is 0.992. The fraction of sp³-hybridized carbons (Fsp3) is 0.462. The third-order valence-corrected chi connectivity index (χ3v) is 4.20. The molecule has 1 heterocycles. The van der Waals surface area contributed by atoms with Gasteiger partial charge in [-0.25, -0.2) is 0 Å². The molecule has 1 saturated heterocycles. The van der Waals surface area contributed by atoms with Gasteiger partial charge in [-0.05, 0) is 43.5 Å². The van der Waals surface area contributed by atoms with Crippen molar-refractivity contribution in [3.05, 3.63) is 27.7 Å². The van der Waals surface area contributed by atoms with Gasteiger partial charge in [0.2, 0.25) is 5.91 Å². The number of benzene rings is 1. The molecule has 1 atom stereocenters. The van der Waals surface area contributed by atoms with Crippen molar-refractivity contribution in [2.75, 3.05) is 6.61 Å². The Bertz CT molecular complexity index is 422. The molecule has 1 aliphatic rings. The van der Waals surface area contributed by atoms with Gasteiger partial charge in [0.05, 0.1) is 6.04 Å². The summed E-state index contributed by atoms with van der Waals surface area (Å²) in [5, 5.41) is 2.89. The summed E-state index contributed by atoms with van der Waals surface area (Å²) in [6.07, 6.45) is 1.49. The van der Waals surface area contributed by atoms with Crippen LogP contribution in [0.1, 0.15) is 24.0 Å². The number of carbonyl (C=O) groups excluding carboxylic acids is 1. The van der Waals surface area contributed by atoms with Crippen LogP contribution in [0.2, 0.25) is 0 Å².